The summed E-state index contributed by atoms with van der Waals surface area (Å²) < 4.78 is 40.0. The third-order valence-corrected chi connectivity index (χ3v) is 5.50. The zero-order valence-corrected chi connectivity index (χ0v) is 13.4. The lowest BCUT2D eigenvalue weighted by molar-refractivity contribution is 0.292. The Morgan fingerprint density at radius 1 is 1.45 bits per heavy atom. The zero-order valence-electron chi connectivity index (χ0n) is 11.0. The van der Waals surface area contributed by atoms with Gasteiger partial charge in [0.2, 0.25) is 10.0 Å². The van der Waals surface area contributed by atoms with Crippen molar-refractivity contribution < 1.29 is 12.8 Å². The summed E-state index contributed by atoms with van der Waals surface area (Å²) in [6.45, 7) is 0.761. The fraction of sp³-hybridized carbons (Fsp3) is 0.500. The predicted molar refractivity (Wildman–Crippen MR) is 79.5 cm³/mol. The molecule has 0 saturated carbocycles. The van der Waals surface area contributed by atoms with E-state index in [1.54, 1.807) is 7.05 Å². The van der Waals surface area contributed by atoms with Gasteiger partial charge < -0.3 is 5.32 Å². The number of rotatable bonds is 3. The normalized spacial score (nSPS) is 20.4. The SMILES string of the molecule is CNC1CCCN(S(=O)(=O)c2cccc(Cl)c2F)C1.Cl. The molecule has 114 valence electrons. The highest BCUT2D eigenvalue weighted by atomic mass is 35.5. The van der Waals surface area contributed by atoms with Crippen LogP contribution in [0.5, 0.6) is 0 Å². The first-order valence-corrected chi connectivity index (χ1v) is 7.90. The molecule has 0 radical (unpaired) electrons. The number of nitrogens with one attached hydrogen (secondary N) is 1. The van der Waals surface area contributed by atoms with Crippen molar-refractivity contribution in [1.29, 1.82) is 0 Å². The van der Waals surface area contributed by atoms with Crippen LogP contribution < -0.4 is 5.32 Å². The van der Waals surface area contributed by atoms with Gasteiger partial charge in [-0.2, -0.15) is 4.31 Å². The summed E-state index contributed by atoms with van der Waals surface area (Å²) in [5.41, 5.74) is 0. The quantitative estimate of drug-likeness (QED) is 0.916. The van der Waals surface area contributed by atoms with E-state index in [0.29, 0.717) is 13.1 Å². The van der Waals surface area contributed by atoms with Gasteiger partial charge in [0.25, 0.3) is 0 Å². The van der Waals surface area contributed by atoms with Crippen molar-refractivity contribution in [3.63, 3.8) is 0 Å². The Morgan fingerprint density at radius 3 is 2.80 bits per heavy atom. The molecule has 0 bridgehead atoms. The lowest BCUT2D eigenvalue weighted by Crippen LogP contribution is -2.47. The Bertz CT molecular complexity index is 569. The van der Waals surface area contributed by atoms with E-state index in [1.165, 1.54) is 22.5 Å². The summed E-state index contributed by atoms with van der Waals surface area (Å²) in [4.78, 5) is -0.350. The number of hydrogen-bond acceptors (Lipinski definition) is 3. The summed E-state index contributed by atoms with van der Waals surface area (Å²) in [7, 11) is -2.03. The lowest BCUT2D eigenvalue weighted by Gasteiger charge is -2.31. The number of benzene rings is 1. The minimum atomic E-state index is -3.82. The van der Waals surface area contributed by atoms with Gasteiger partial charge in [0.05, 0.1) is 5.02 Å². The standard InChI is InChI=1S/C12H16ClFN2O2S.ClH/c1-15-9-4-3-7-16(8-9)19(17,18)11-6-2-5-10(13)12(11)14;/h2,5-6,9,15H,3-4,7-8H2,1H3;1H. The van der Waals surface area contributed by atoms with Crippen LogP contribution in [0.3, 0.4) is 0 Å². The van der Waals surface area contributed by atoms with Crippen LogP contribution in [0.4, 0.5) is 4.39 Å². The molecule has 1 aromatic carbocycles. The van der Waals surface area contributed by atoms with Crippen LogP contribution >= 0.6 is 24.0 Å². The summed E-state index contributed by atoms with van der Waals surface area (Å²) >= 11 is 5.64. The molecule has 1 aliphatic heterocycles. The van der Waals surface area contributed by atoms with Crippen molar-refractivity contribution in [3.8, 4) is 0 Å². The van der Waals surface area contributed by atoms with E-state index in [0.717, 1.165) is 12.8 Å². The molecule has 8 heteroatoms. The van der Waals surface area contributed by atoms with Crippen molar-refractivity contribution in [2.24, 2.45) is 0 Å². The maximum Gasteiger partial charge on any atom is 0.246 e. The fourth-order valence-electron chi connectivity index (χ4n) is 2.22. The predicted octanol–water partition coefficient (Wildman–Crippen LogP) is 2.27. The lowest BCUT2D eigenvalue weighted by atomic mass is 10.1. The van der Waals surface area contributed by atoms with E-state index in [9.17, 15) is 12.8 Å². The van der Waals surface area contributed by atoms with E-state index in [1.807, 2.05) is 0 Å². The van der Waals surface area contributed by atoms with Crippen LogP contribution in [-0.4, -0.2) is 38.9 Å². The molecule has 1 atom stereocenters. The largest absolute Gasteiger partial charge is 0.316 e. The van der Waals surface area contributed by atoms with Crippen LogP contribution in [0.25, 0.3) is 0 Å². The second kappa shape index (κ2) is 7.04. The van der Waals surface area contributed by atoms with Gasteiger partial charge >= 0.3 is 0 Å². The van der Waals surface area contributed by atoms with Crippen LogP contribution in [-0.2, 0) is 10.0 Å². The van der Waals surface area contributed by atoms with E-state index >= 15 is 0 Å². The Labute approximate surface area is 129 Å². The van der Waals surface area contributed by atoms with Crippen molar-refractivity contribution in [1.82, 2.24) is 9.62 Å². The van der Waals surface area contributed by atoms with E-state index in [2.05, 4.69) is 5.32 Å². The molecule has 1 aliphatic rings. The summed E-state index contributed by atoms with van der Waals surface area (Å²) in [5.74, 6) is -0.879. The molecule has 1 N–H and O–H groups in total. The monoisotopic (exact) mass is 342 g/mol. The Kier molecular flexibility index (Phi) is 6.22. The van der Waals surface area contributed by atoms with Crippen molar-refractivity contribution in [2.75, 3.05) is 20.1 Å². The van der Waals surface area contributed by atoms with Gasteiger partial charge in [-0.15, -0.1) is 12.4 Å². The number of piperidine rings is 1. The maximum atomic E-state index is 13.9. The van der Waals surface area contributed by atoms with Crippen LogP contribution in [0.2, 0.25) is 5.02 Å². The van der Waals surface area contributed by atoms with Gasteiger partial charge in [-0.05, 0) is 32.0 Å². The Morgan fingerprint density at radius 2 is 2.15 bits per heavy atom. The minimum absolute atomic E-state index is 0. The number of hydrogen-bond donors (Lipinski definition) is 1. The number of sulfonamides is 1. The average Bonchev–Trinajstić information content (AvgIpc) is 2.41. The molecule has 0 aliphatic carbocycles. The first kappa shape index (κ1) is 17.7. The van der Waals surface area contributed by atoms with Crippen molar-refractivity contribution >= 4 is 34.0 Å². The van der Waals surface area contributed by atoms with E-state index in [-0.39, 0.29) is 28.4 Å². The third kappa shape index (κ3) is 3.43. The van der Waals surface area contributed by atoms with Gasteiger partial charge in [-0.1, -0.05) is 17.7 Å². The van der Waals surface area contributed by atoms with E-state index < -0.39 is 15.8 Å². The van der Waals surface area contributed by atoms with Crippen LogP contribution in [0.1, 0.15) is 12.8 Å². The summed E-state index contributed by atoms with van der Waals surface area (Å²) in [6.07, 6.45) is 1.67. The van der Waals surface area contributed by atoms with Crippen molar-refractivity contribution in [3.05, 3.63) is 29.0 Å². The van der Waals surface area contributed by atoms with Crippen molar-refractivity contribution in [2.45, 2.75) is 23.8 Å². The second-order valence-electron chi connectivity index (χ2n) is 4.54. The number of likely N-dealkylation sites (N-methyl/N-ethyl adjacent to an activating group) is 1. The molecule has 1 heterocycles. The molecule has 2 rings (SSSR count). The molecular weight excluding hydrogens is 326 g/mol. The smallest absolute Gasteiger partial charge is 0.246 e. The highest BCUT2D eigenvalue weighted by Crippen LogP contribution is 2.26. The van der Waals surface area contributed by atoms with Gasteiger partial charge in [-0.25, -0.2) is 12.8 Å². The second-order valence-corrected chi connectivity index (χ2v) is 6.86. The summed E-state index contributed by atoms with van der Waals surface area (Å²) in [5, 5.41) is 2.88. The first-order valence-electron chi connectivity index (χ1n) is 6.08. The molecule has 1 aromatic rings. The molecule has 1 unspecified atom stereocenters. The maximum absolute atomic E-state index is 13.9. The van der Waals surface area contributed by atoms with Gasteiger partial charge in [-0.3, -0.25) is 0 Å². The van der Waals surface area contributed by atoms with Crippen LogP contribution in [0, 0.1) is 5.82 Å². The van der Waals surface area contributed by atoms with Gasteiger partial charge in [0.1, 0.15) is 4.90 Å². The molecule has 0 spiro atoms. The fourth-order valence-corrected chi connectivity index (χ4v) is 4.06. The average molecular weight is 343 g/mol. The molecule has 1 saturated heterocycles. The third-order valence-electron chi connectivity index (χ3n) is 3.33. The number of nitrogens with zero attached hydrogens (tertiary/aromatic N) is 1. The minimum Gasteiger partial charge on any atom is -0.316 e. The topological polar surface area (TPSA) is 49.4 Å². The van der Waals surface area contributed by atoms with Gasteiger partial charge in [0, 0.05) is 19.1 Å². The Balaban J connectivity index is 0.00000200. The van der Waals surface area contributed by atoms with Gasteiger partial charge in [0.15, 0.2) is 5.82 Å². The summed E-state index contributed by atoms with van der Waals surface area (Å²) in [6, 6.07) is 4.13. The molecule has 0 amide bonds. The van der Waals surface area contributed by atoms with E-state index in [4.69, 9.17) is 11.6 Å². The molecular formula is C12H17Cl2FN2O2S. The highest BCUT2D eigenvalue weighted by Gasteiger charge is 2.32. The Hall–Kier alpha value is -0.400. The zero-order chi connectivity index (χ0) is 14.0. The number of halogens is 3. The molecule has 4 nitrogen and oxygen atoms in total. The highest BCUT2D eigenvalue weighted by molar-refractivity contribution is 7.89. The van der Waals surface area contributed by atoms with Crippen LogP contribution in [0.15, 0.2) is 23.1 Å². The first-order chi connectivity index (χ1) is 8.96. The molecule has 0 aromatic heterocycles. The molecule has 20 heavy (non-hydrogen) atoms. The molecule has 1 fully saturated rings.